The SMILES string of the molecule is O=C(c1ccc(Cl)s1)c1cccc(Br)c1Cl. The smallest absolute Gasteiger partial charge is 0.204 e. The molecule has 0 unspecified atom stereocenters. The zero-order valence-electron chi connectivity index (χ0n) is 7.84. The van der Waals surface area contributed by atoms with E-state index in [-0.39, 0.29) is 5.78 Å². The van der Waals surface area contributed by atoms with Crippen LogP contribution < -0.4 is 0 Å². The average Bonchev–Trinajstić information content (AvgIpc) is 2.68. The highest BCUT2D eigenvalue weighted by Crippen LogP contribution is 2.30. The zero-order valence-corrected chi connectivity index (χ0v) is 11.8. The van der Waals surface area contributed by atoms with Crippen LogP contribution in [-0.2, 0) is 0 Å². The lowest BCUT2D eigenvalue weighted by Crippen LogP contribution is -1.99. The number of hydrogen-bond acceptors (Lipinski definition) is 2. The third-order valence-corrected chi connectivity index (χ3v) is 4.52. The number of carbonyl (C=O) groups is 1. The minimum atomic E-state index is -0.108. The quantitative estimate of drug-likeness (QED) is 0.702. The van der Waals surface area contributed by atoms with E-state index < -0.39 is 0 Å². The Hall–Kier alpha value is -0.350. The van der Waals surface area contributed by atoms with E-state index in [9.17, 15) is 4.79 Å². The Morgan fingerprint density at radius 2 is 1.94 bits per heavy atom. The number of carbonyl (C=O) groups excluding carboxylic acids is 1. The summed E-state index contributed by atoms with van der Waals surface area (Å²) in [5, 5.41) is 0.428. The van der Waals surface area contributed by atoms with E-state index in [2.05, 4.69) is 15.9 Å². The van der Waals surface area contributed by atoms with Crippen LogP contribution >= 0.6 is 50.5 Å². The molecule has 5 heteroatoms. The number of rotatable bonds is 2. The van der Waals surface area contributed by atoms with Crippen LogP contribution in [0.15, 0.2) is 34.8 Å². The van der Waals surface area contributed by atoms with Crippen molar-refractivity contribution in [1.82, 2.24) is 0 Å². The van der Waals surface area contributed by atoms with E-state index in [4.69, 9.17) is 23.2 Å². The number of benzene rings is 1. The van der Waals surface area contributed by atoms with Crippen molar-refractivity contribution in [2.75, 3.05) is 0 Å². The molecule has 16 heavy (non-hydrogen) atoms. The molecule has 2 aromatic rings. The van der Waals surface area contributed by atoms with Crippen molar-refractivity contribution in [1.29, 1.82) is 0 Å². The van der Waals surface area contributed by atoms with Crippen molar-refractivity contribution in [3.63, 3.8) is 0 Å². The molecule has 0 saturated carbocycles. The molecule has 0 N–H and O–H groups in total. The van der Waals surface area contributed by atoms with Crippen LogP contribution in [0.5, 0.6) is 0 Å². The number of ketones is 1. The lowest BCUT2D eigenvalue weighted by molar-refractivity contribution is 0.104. The summed E-state index contributed by atoms with van der Waals surface area (Å²) in [7, 11) is 0. The van der Waals surface area contributed by atoms with E-state index in [0.29, 0.717) is 24.3 Å². The van der Waals surface area contributed by atoms with Gasteiger partial charge in [-0.15, -0.1) is 11.3 Å². The van der Waals surface area contributed by atoms with Crippen LogP contribution in [0.25, 0.3) is 0 Å². The van der Waals surface area contributed by atoms with Gasteiger partial charge in [0.2, 0.25) is 5.78 Å². The zero-order chi connectivity index (χ0) is 11.7. The molecule has 0 saturated heterocycles. The van der Waals surface area contributed by atoms with Crippen molar-refractivity contribution in [2.45, 2.75) is 0 Å². The second-order valence-electron chi connectivity index (χ2n) is 3.03. The standard InChI is InChI=1S/C11H5BrCl2OS/c12-7-3-1-2-6(10(7)14)11(15)8-4-5-9(13)16-8/h1-5H. The molecule has 1 aromatic carbocycles. The van der Waals surface area contributed by atoms with Crippen molar-refractivity contribution in [2.24, 2.45) is 0 Å². The predicted octanol–water partition coefficient (Wildman–Crippen LogP) is 5.05. The second kappa shape index (κ2) is 4.88. The van der Waals surface area contributed by atoms with Crippen molar-refractivity contribution in [3.05, 3.63) is 54.6 Å². The van der Waals surface area contributed by atoms with Crippen LogP contribution in [0.3, 0.4) is 0 Å². The van der Waals surface area contributed by atoms with Gasteiger partial charge in [0.25, 0.3) is 0 Å². The predicted molar refractivity (Wildman–Crippen MR) is 71.9 cm³/mol. The van der Waals surface area contributed by atoms with Crippen LogP contribution in [0.1, 0.15) is 15.2 Å². The van der Waals surface area contributed by atoms with Crippen LogP contribution in [0, 0.1) is 0 Å². The highest BCUT2D eigenvalue weighted by Gasteiger charge is 2.15. The Labute approximate surface area is 115 Å². The maximum Gasteiger partial charge on any atom is 0.204 e. The Morgan fingerprint density at radius 3 is 2.56 bits per heavy atom. The molecule has 1 nitrogen and oxygen atoms in total. The molecule has 2 rings (SSSR count). The summed E-state index contributed by atoms with van der Waals surface area (Å²) in [6.07, 6.45) is 0. The summed E-state index contributed by atoms with van der Waals surface area (Å²) in [4.78, 5) is 12.7. The molecule has 0 radical (unpaired) electrons. The number of halogens is 3. The van der Waals surface area contributed by atoms with Gasteiger partial charge in [-0.25, -0.2) is 0 Å². The first-order valence-electron chi connectivity index (χ1n) is 4.33. The molecule has 0 aliphatic carbocycles. The summed E-state index contributed by atoms with van der Waals surface area (Å²) in [5.74, 6) is -0.108. The maximum absolute atomic E-state index is 12.1. The van der Waals surface area contributed by atoms with Crippen molar-refractivity contribution in [3.8, 4) is 0 Å². The van der Waals surface area contributed by atoms with Gasteiger partial charge in [0, 0.05) is 10.0 Å². The Morgan fingerprint density at radius 1 is 1.19 bits per heavy atom. The normalized spacial score (nSPS) is 10.4. The molecular weight excluding hydrogens is 331 g/mol. The fraction of sp³-hybridized carbons (Fsp3) is 0. The Balaban J connectivity index is 2.45. The van der Waals surface area contributed by atoms with Crippen molar-refractivity contribution >= 4 is 56.3 Å². The average molecular weight is 336 g/mol. The summed E-state index contributed by atoms with van der Waals surface area (Å²) >= 11 is 16.4. The van der Waals surface area contributed by atoms with Gasteiger partial charge in [0.1, 0.15) is 0 Å². The van der Waals surface area contributed by atoms with Gasteiger partial charge in [-0.2, -0.15) is 0 Å². The van der Waals surface area contributed by atoms with E-state index in [1.807, 2.05) is 0 Å². The molecule has 0 atom stereocenters. The topological polar surface area (TPSA) is 17.1 Å². The number of thiophene rings is 1. The third kappa shape index (κ3) is 2.33. The lowest BCUT2D eigenvalue weighted by Gasteiger charge is -2.02. The highest BCUT2D eigenvalue weighted by atomic mass is 79.9. The molecule has 0 bridgehead atoms. The lowest BCUT2D eigenvalue weighted by atomic mass is 10.1. The monoisotopic (exact) mass is 334 g/mol. The minimum absolute atomic E-state index is 0.108. The summed E-state index contributed by atoms with van der Waals surface area (Å²) in [6, 6.07) is 8.67. The fourth-order valence-electron chi connectivity index (χ4n) is 1.25. The summed E-state index contributed by atoms with van der Waals surface area (Å²) < 4.78 is 1.30. The summed E-state index contributed by atoms with van der Waals surface area (Å²) in [6.45, 7) is 0. The fourth-order valence-corrected chi connectivity index (χ4v) is 2.82. The van der Waals surface area contributed by atoms with Crippen LogP contribution in [0.2, 0.25) is 9.36 Å². The van der Waals surface area contributed by atoms with Gasteiger partial charge in [-0.3, -0.25) is 4.79 Å². The van der Waals surface area contributed by atoms with Gasteiger partial charge < -0.3 is 0 Å². The first-order chi connectivity index (χ1) is 7.59. The maximum atomic E-state index is 12.1. The van der Waals surface area contributed by atoms with Crippen LogP contribution in [-0.4, -0.2) is 5.78 Å². The van der Waals surface area contributed by atoms with Gasteiger partial charge in [0.15, 0.2) is 0 Å². The molecular formula is C11H5BrCl2OS. The van der Waals surface area contributed by atoms with E-state index in [0.717, 1.165) is 0 Å². The van der Waals surface area contributed by atoms with Gasteiger partial charge in [0.05, 0.1) is 14.2 Å². The minimum Gasteiger partial charge on any atom is -0.288 e. The first kappa shape index (κ1) is 12.1. The van der Waals surface area contributed by atoms with Gasteiger partial charge >= 0.3 is 0 Å². The Bertz CT molecular complexity index is 551. The van der Waals surface area contributed by atoms with Crippen LogP contribution in [0.4, 0.5) is 0 Å². The van der Waals surface area contributed by atoms with E-state index in [1.165, 1.54) is 11.3 Å². The largest absolute Gasteiger partial charge is 0.288 e. The molecule has 0 amide bonds. The van der Waals surface area contributed by atoms with E-state index in [1.54, 1.807) is 30.3 Å². The third-order valence-electron chi connectivity index (χ3n) is 1.99. The molecule has 82 valence electrons. The van der Waals surface area contributed by atoms with Crippen molar-refractivity contribution < 1.29 is 4.79 Å². The Kier molecular flexibility index (Phi) is 3.70. The summed E-state index contributed by atoms with van der Waals surface area (Å²) in [5.41, 5.74) is 0.481. The second-order valence-corrected chi connectivity index (χ2v) is 5.98. The molecule has 1 heterocycles. The first-order valence-corrected chi connectivity index (χ1v) is 6.70. The molecule has 0 aliphatic heterocycles. The molecule has 1 aromatic heterocycles. The number of hydrogen-bond donors (Lipinski definition) is 0. The van der Waals surface area contributed by atoms with Gasteiger partial charge in [-0.05, 0) is 40.2 Å². The molecule has 0 fully saturated rings. The molecule has 0 aliphatic rings. The van der Waals surface area contributed by atoms with E-state index >= 15 is 0 Å². The highest BCUT2D eigenvalue weighted by molar-refractivity contribution is 9.10. The van der Waals surface area contributed by atoms with Gasteiger partial charge in [-0.1, -0.05) is 29.3 Å². The molecule has 0 spiro atoms.